The van der Waals surface area contributed by atoms with E-state index in [0.717, 1.165) is 21.8 Å². The van der Waals surface area contributed by atoms with Gasteiger partial charge in [0.25, 0.3) is 5.91 Å². The highest BCUT2D eigenvalue weighted by atomic mass is 32.1. The van der Waals surface area contributed by atoms with Crippen molar-refractivity contribution in [2.24, 2.45) is 0 Å². The first kappa shape index (κ1) is 14.7. The Morgan fingerprint density at radius 1 is 1.12 bits per heavy atom. The van der Waals surface area contributed by atoms with E-state index >= 15 is 0 Å². The van der Waals surface area contributed by atoms with E-state index in [9.17, 15) is 4.79 Å². The highest BCUT2D eigenvalue weighted by Crippen LogP contribution is 2.31. The van der Waals surface area contributed by atoms with Crippen LogP contribution >= 0.6 is 11.3 Å². The van der Waals surface area contributed by atoms with Gasteiger partial charge in [-0.15, -0.1) is 11.3 Å². The van der Waals surface area contributed by atoms with Crippen molar-refractivity contribution in [3.05, 3.63) is 72.2 Å². The molecule has 24 heavy (non-hydrogen) atoms. The number of fused-ring (bicyclic) bond motifs is 1. The number of benzene rings is 2. The van der Waals surface area contributed by atoms with Crippen LogP contribution in [0, 0.1) is 6.92 Å². The van der Waals surface area contributed by atoms with Gasteiger partial charge in [-0.2, -0.15) is 0 Å². The first-order chi connectivity index (χ1) is 11.7. The molecule has 2 heterocycles. The van der Waals surface area contributed by atoms with Crippen molar-refractivity contribution in [3.63, 3.8) is 0 Å². The summed E-state index contributed by atoms with van der Waals surface area (Å²) in [7, 11) is 0. The molecule has 1 amide bonds. The number of hydrogen-bond acceptors (Lipinski definition) is 4. The molecule has 0 aliphatic rings. The van der Waals surface area contributed by atoms with Crippen molar-refractivity contribution in [2.75, 3.05) is 5.32 Å². The summed E-state index contributed by atoms with van der Waals surface area (Å²) < 4.78 is 6.10. The van der Waals surface area contributed by atoms with Gasteiger partial charge >= 0.3 is 0 Å². The summed E-state index contributed by atoms with van der Waals surface area (Å²) in [6, 6.07) is 15.6. The number of anilines is 1. The Morgan fingerprint density at radius 3 is 2.71 bits per heavy atom. The summed E-state index contributed by atoms with van der Waals surface area (Å²) in [6.07, 6.45) is 2.90. The van der Waals surface area contributed by atoms with Crippen LogP contribution < -0.4 is 5.32 Å². The number of nitrogens with zero attached hydrogens (tertiary/aromatic N) is 1. The second-order valence-electron chi connectivity index (χ2n) is 5.53. The molecule has 0 aliphatic carbocycles. The van der Waals surface area contributed by atoms with E-state index in [1.807, 2.05) is 30.3 Å². The molecular weight excluding hydrogens is 320 g/mol. The van der Waals surface area contributed by atoms with Crippen LogP contribution in [-0.2, 0) is 0 Å². The average Bonchev–Trinajstić information content (AvgIpc) is 3.24. The molecule has 0 saturated heterocycles. The molecule has 0 spiro atoms. The van der Waals surface area contributed by atoms with Crippen LogP contribution in [-0.4, -0.2) is 10.9 Å². The lowest BCUT2D eigenvalue weighted by Crippen LogP contribution is -2.10. The van der Waals surface area contributed by atoms with Gasteiger partial charge < -0.3 is 9.73 Å². The summed E-state index contributed by atoms with van der Waals surface area (Å²) in [5.41, 5.74) is 4.52. The fourth-order valence-corrected chi connectivity index (χ4v) is 3.52. The Labute approximate surface area is 142 Å². The van der Waals surface area contributed by atoms with E-state index in [4.69, 9.17) is 4.42 Å². The highest BCUT2D eigenvalue weighted by Gasteiger charge is 2.09. The third-order valence-corrected chi connectivity index (χ3v) is 4.78. The molecule has 4 rings (SSSR count). The Morgan fingerprint density at radius 2 is 1.96 bits per heavy atom. The minimum atomic E-state index is -0.188. The van der Waals surface area contributed by atoms with Crippen LogP contribution in [0.4, 0.5) is 5.69 Å². The van der Waals surface area contributed by atoms with Gasteiger partial charge in [-0.1, -0.05) is 6.07 Å². The van der Waals surface area contributed by atoms with Gasteiger partial charge in [-0.05, 0) is 55.0 Å². The lowest BCUT2D eigenvalue weighted by atomic mass is 10.2. The standard InChI is InChI=1S/C19H14N2O2S/c1-12-2-7-16-17(10-12)24-19(21-16)13-3-5-15(6-4-13)20-18(22)14-8-9-23-11-14/h2-11H,1H3,(H,20,22). The largest absolute Gasteiger partial charge is 0.472 e. The lowest BCUT2D eigenvalue weighted by Gasteiger charge is -2.04. The SMILES string of the molecule is Cc1ccc2nc(-c3ccc(NC(=O)c4ccoc4)cc3)sc2c1. The number of amides is 1. The molecule has 1 N–H and O–H groups in total. The summed E-state index contributed by atoms with van der Waals surface area (Å²) in [4.78, 5) is 16.7. The maximum absolute atomic E-state index is 12.0. The summed E-state index contributed by atoms with van der Waals surface area (Å²) in [5, 5.41) is 3.82. The van der Waals surface area contributed by atoms with E-state index in [0.29, 0.717) is 5.56 Å². The molecule has 0 atom stereocenters. The molecule has 0 unspecified atom stereocenters. The van der Waals surface area contributed by atoms with Crippen LogP contribution in [0.25, 0.3) is 20.8 Å². The van der Waals surface area contributed by atoms with Crippen molar-refractivity contribution in [1.29, 1.82) is 0 Å². The third-order valence-electron chi connectivity index (χ3n) is 3.72. The summed E-state index contributed by atoms with van der Waals surface area (Å²) in [6.45, 7) is 2.08. The van der Waals surface area contributed by atoms with Gasteiger partial charge in [-0.25, -0.2) is 4.98 Å². The molecule has 4 nitrogen and oxygen atoms in total. The Bertz CT molecular complexity index is 1000. The number of carbonyl (C=O) groups excluding carboxylic acids is 1. The Balaban J connectivity index is 1.57. The van der Waals surface area contributed by atoms with Gasteiger partial charge in [0, 0.05) is 11.3 Å². The number of thiazole rings is 1. The van der Waals surface area contributed by atoms with Crippen molar-refractivity contribution in [2.45, 2.75) is 6.92 Å². The zero-order valence-corrected chi connectivity index (χ0v) is 13.8. The van der Waals surface area contributed by atoms with Gasteiger partial charge in [0.05, 0.1) is 22.0 Å². The monoisotopic (exact) mass is 334 g/mol. The summed E-state index contributed by atoms with van der Waals surface area (Å²) >= 11 is 1.67. The number of hydrogen-bond donors (Lipinski definition) is 1. The van der Waals surface area contributed by atoms with E-state index < -0.39 is 0 Å². The molecule has 0 radical (unpaired) electrons. The van der Waals surface area contributed by atoms with Gasteiger partial charge in [0.1, 0.15) is 11.3 Å². The van der Waals surface area contributed by atoms with Crippen molar-refractivity contribution in [1.82, 2.24) is 4.98 Å². The fourth-order valence-electron chi connectivity index (χ4n) is 2.45. The molecule has 4 aromatic rings. The normalized spacial score (nSPS) is 10.9. The molecule has 0 fully saturated rings. The van der Waals surface area contributed by atoms with Gasteiger partial charge in [0.2, 0.25) is 0 Å². The Hall–Kier alpha value is -2.92. The van der Waals surface area contributed by atoms with E-state index in [2.05, 4.69) is 29.4 Å². The molecule has 118 valence electrons. The predicted octanol–water partition coefficient (Wildman–Crippen LogP) is 5.12. The molecule has 2 aromatic carbocycles. The fraction of sp³-hybridized carbons (Fsp3) is 0.0526. The molecule has 2 aromatic heterocycles. The van der Waals surface area contributed by atoms with Crippen molar-refractivity contribution < 1.29 is 9.21 Å². The first-order valence-corrected chi connectivity index (χ1v) is 8.32. The quantitative estimate of drug-likeness (QED) is 0.566. The number of nitrogens with one attached hydrogen (secondary N) is 1. The van der Waals surface area contributed by atoms with Crippen LogP contribution in [0.3, 0.4) is 0 Å². The second kappa shape index (κ2) is 5.94. The smallest absolute Gasteiger partial charge is 0.258 e. The first-order valence-electron chi connectivity index (χ1n) is 7.50. The van der Waals surface area contributed by atoms with Crippen LogP contribution in [0.1, 0.15) is 15.9 Å². The number of aromatic nitrogens is 1. The molecule has 0 aliphatic heterocycles. The van der Waals surface area contributed by atoms with Crippen LogP contribution in [0.2, 0.25) is 0 Å². The summed E-state index contributed by atoms with van der Waals surface area (Å²) in [5.74, 6) is -0.188. The second-order valence-corrected chi connectivity index (χ2v) is 6.56. The highest BCUT2D eigenvalue weighted by molar-refractivity contribution is 7.21. The van der Waals surface area contributed by atoms with E-state index in [1.165, 1.54) is 22.8 Å². The molecular formula is C19H14N2O2S. The van der Waals surface area contributed by atoms with Crippen molar-refractivity contribution in [3.8, 4) is 10.6 Å². The minimum Gasteiger partial charge on any atom is -0.472 e. The maximum Gasteiger partial charge on any atom is 0.258 e. The number of furan rings is 1. The zero-order valence-electron chi connectivity index (χ0n) is 12.9. The lowest BCUT2D eigenvalue weighted by molar-refractivity contribution is 0.102. The third kappa shape index (κ3) is 2.81. The number of aryl methyl sites for hydroxylation is 1. The van der Waals surface area contributed by atoms with Gasteiger partial charge in [0.15, 0.2) is 0 Å². The minimum absolute atomic E-state index is 0.188. The topological polar surface area (TPSA) is 55.1 Å². The average molecular weight is 334 g/mol. The molecule has 5 heteroatoms. The van der Waals surface area contributed by atoms with Crippen LogP contribution in [0.5, 0.6) is 0 Å². The molecule has 0 saturated carbocycles. The zero-order chi connectivity index (χ0) is 16.5. The van der Waals surface area contributed by atoms with Gasteiger partial charge in [-0.3, -0.25) is 4.79 Å². The number of carbonyl (C=O) groups is 1. The van der Waals surface area contributed by atoms with E-state index in [-0.39, 0.29) is 5.91 Å². The van der Waals surface area contributed by atoms with Crippen LogP contribution in [0.15, 0.2) is 65.5 Å². The Kier molecular flexibility index (Phi) is 3.63. The maximum atomic E-state index is 12.0. The molecule has 0 bridgehead atoms. The number of rotatable bonds is 3. The predicted molar refractivity (Wildman–Crippen MR) is 96.5 cm³/mol. The van der Waals surface area contributed by atoms with Crippen molar-refractivity contribution >= 4 is 33.1 Å². The van der Waals surface area contributed by atoms with E-state index in [1.54, 1.807) is 17.4 Å².